The van der Waals surface area contributed by atoms with Crippen molar-refractivity contribution < 1.29 is 40.6 Å². The first-order valence-corrected chi connectivity index (χ1v) is 10.4. The van der Waals surface area contributed by atoms with Gasteiger partial charge >= 0.3 is 12.3 Å². The summed E-state index contributed by atoms with van der Waals surface area (Å²) >= 11 is 0. The van der Waals surface area contributed by atoms with Crippen LogP contribution >= 0.6 is 0 Å². The fourth-order valence-electron chi connectivity index (χ4n) is 3.04. The van der Waals surface area contributed by atoms with E-state index >= 15 is 0 Å². The number of hydrogen-bond acceptors (Lipinski definition) is 6. The van der Waals surface area contributed by atoms with E-state index < -0.39 is 28.1 Å². The number of halogens is 3. The van der Waals surface area contributed by atoms with Gasteiger partial charge in [0.05, 0.1) is 24.6 Å². The third kappa shape index (κ3) is 4.93. The highest BCUT2D eigenvalue weighted by molar-refractivity contribution is 7.90. The quantitative estimate of drug-likeness (QED) is 0.501. The highest BCUT2D eigenvalue weighted by Crippen LogP contribution is 2.31. The van der Waals surface area contributed by atoms with Crippen molar-refractivity contribution in [3.05, 3.63) is 54.2 Å². The molecule has 3 rings (SSSR count). The van der Waals surface area contributed by atoms with Gasteiger partial charge < -0.3 is 14.2 Å². The number of ether oxygens (including phenoxy) is 3. The molecule has 0 N–H and O–H groups in total. The van der Waals surface area contributed by atoms with Gasteiger partial charge in [0.25, 0.3) is 10.0 Å². The Kier molecular flexibility index (Phi) is 6.16. The number of aromatic nitrogens is 1. The largest absolute Gasteiger partial charge is 0.573 e. The Balaban J connectivity index is 2.05. The Morgan fingerprint density at radius 2 is 1.68 bits per heavy atom. The second kappa shape index (κ2) is 8.50. The minimum absolute atomic E-state index is 0.0380. The zero-order valence-electron chi connectivity index (χ0n) is 16.5. The van der Waals surface area contributed by atoms with Gasteiger partial charge in [0.2, 0.25) is 0 Å². The normalized spacial score (nSPS) is 12.0. The molecule has 0 fully saturated rings. The molecule has 0 spiro atoms. The van der Waals surface area contributed by atoms with Crippen molar-refractivity contribution in [2.45, 2.75) is 24.1 Å². The maximum absolute atomic E-state index is 13.2. The van der Waals surface area contributed by atoms with Gasteiger partial charge in [0.15, 0.2) is 0 Å². The van der Waals surface area contributed by atoms with Crippen molar-refractivity contribution in [1.29, 1.82) is 0 Å². The van der Waals surface area contributed by atoms with Crippen LogP contribution in [0.4, 0.5) is 13.2 Å². The summed E-state index contributed by atoms with van der Waals surface area (Å²) in [5.74, 6) is -0.491. The van der Waals surface area contributed by atoms with E-state index in [1.807, 2.05) is 0 Å². The summed E-state index contributed by atoms with van der Waals surface area (Å²) in [4.78, 5) is 11.3. The van der Waals surface area contributed by atoms with Crippen molar-refractivity contribution in [3.8, 4) is 11.5 Å². The van der Waals surface area contributed by atoms with Crippen LogP contribution in [0.15, 0.2) is 53.6 Å². The summed E-state index contributed by atoms with van der Waals surface area (Å²) in [6.07, 6.45) is -3.25. The lowest BCUT2D eigenvalue weighted by Crippen LogP contribution is -2.17. The molecule has 2 aromatic carbocycles. The summed E-state index contributed by atoms with van der Waals surface area (Å²) in [5.41, 5.74) is 0.899. The van der Waals surface area contributed by atoms with Crippen LogP contribution in [-0.4, -0.2) is 38.9 Å². The van der Waals surface area contributed by atoms with E-state index in [4.69, 9.17) is 4.74 Å². The number of benzene rings is 2. The van der Waals surface area contributed by atoms with Crippen molar-refractivity contribution in [1.82, 2.24) is 3.97 Å². The molecule has 31 heavy (non-hydrogen) atoms. The van der Waals surface area contributed by atoms with Gasteiger partial charge in [-0.3, -0.25) is 4.79 Å². The first-order valence-electron chi connectivity index (χ1n) is 8.91. The fraction of sp³-hybridized carbons (Fsp3) is 0.250. The van der Waals surface area contributed by atoms with E-state index in [-0.39, 0.29) is 17.7 Å². The Morgan fingerprint density at radius 1 is 1.03 bits per heavy atom. The fourth-order valence-corrected chi connectivity index (χ4v) is 4.43. The minimum Gasteiger partial charge on any atom is -0.497 e. The van der Waals surface area contributed by atoms with Crippen LogP contribution in [0.3, 0.4) is 0 Å². The number of nitrogens with zero attached hydrogens (tertiary/aromatic N) is 1. The molecular weight excluding hydrogens is 439 g/mol. The number of methoxy groups -OCH3 is 2. The maximum Gasteiger partial charge on any atom is 0.573 e. The molecular formula is C20H18F3NO6S. The molecule has 0 amide bonds. The van der Waals surface area contributed by atoms with E-state index in [1.54, 1.807) is 18.2 Å². The van der Waals surface area contributed by atoms with Crippen LogP contribution < -0.4 is 9.47 Å². The summed E-state index contributed by atoms with van der Waals surface area (Å²) in [6, 6.07) is 8.68. The van der Waals surface area contributed by atoms with Gasteiger partial charge in [-0.1, -0.05) is 0 Å². The smallest absolute Gasteiger partial charge is 0.497 e. The van der Waals surface area contributed by atoms with Gasteiger partial charge in [0, 0.05) is 18.0 Å². The second-order valence-corrected chi connectivity index (χ2v) is 8.25. The lowest BCUT2D eigenvalue weighted by molar-refractivity contribution is -0.274. The first kappa shape index (κ1) is 22.5. The molecule has 0 bridgehead atoms. The van der Waals surface area contributed by atoms with Crippen LogP contribution in [0, 0.1) is 0 Å². The van der Waals surface area contributed by atoms with Gasteiger partial charge in [-0.2, -0.15) is 0 Å². The van der Waals surface area contributed by atoms with Crippen molar-refractivity contribution in [2.75, 3.05) is 14.2 Å². The highest BCUT2D eigenvalue weighted by Gasteiger charge is 2.31. The van der Waals surface area contributed by atoms with Gasteiger partial charge in [-0.15, -0.1) is 13.2 Å². The summed E-state index contributed by atoms with van der Waals surface area (Å²) < 4.78 is 78.0. The molecule has 0 aliphatic rings. The molecule has 3 aromatic rings. The van der Waals surface area contributed by atoms with E-state index in [0.29, 0.717) is 22.2 Å². The summed E-state index contributed by atoms with van der Waals surface area (Å²) in [7, 11) is -1.42. The van der Waals surface area contributed by atoms with Crippen LogP contribution in [0.5, 0.6) is 11.5 Å². The van der Waals surface area contributed by atoms with Crippen LogP contribution in [0.2, 0.25) is 0 Å². The Labute approximate surface area is 176 Å². The molecule has 1 heterocycles. The molecule has 0 unspecified atom stereocenters. The topological polar surface area (TPSA) is 83.8 Å². The average Bonchev–Trinajstić information content (AvgIpc) is 3.09. The van der Waals surface area contributed by atoms with Crippen molar-refractivity contribution >= 4 is 26.9 Å². The zero-order valence-corrected chi connectivity index (χ0v) is 17.3. The van der Waals surface area contributed by atoms with Crippen LogP contribution in [0.25, 0.3) is 10.9 Å². The number of carbonyl (C=O) groups excluding carboxylic acids is 1. The van der Waals surface area contributed by atoms with Crippen molar-refractivity contribution in [3.63, 3.8) is 0 Å². The standard InChI is InChI=1S/C20H18F3NO6S/c1-28-15-6-9-18-17(11-15)13(3-10-19(25)29-2)12-24(18)31(26,27)16-7-4-14(5-8-16)30-20(21,22)23/h4-9,11-12H,3,10H2,1-2H3. The third-order valence-electron chi connectivity index (χ3n) is 4.50. The molecule has 0 radical (unpaired) electrons. The maximum atomic E-state index is 13.2. The molecule has 0 atom stereocenters. The number of rotatable bonds is 7. The molecule has 0 saturated carbocycles. The molecule has 11 heteroatoms. The minimum atomic E-state index is -4.88. The number of hydrogen-bond donors (Lipinski definition) is 0. The highest BCUT2D eigenvalue weighted by atomic mass is 32.2. The Bertz CT molecular complexity index is 1200. The van der Waals surface area contributed by atoms with E-state index in [2.05, 4.69) is 9.47 Å². The SMILES string of the molecule is COC(=O)CCc1cn(S(=O)(=O)c2ccc(OC(F)(F)F)cc2)c2ccc(OC)cc12. The Hall–Kier alpha value is -3.21. The van der Waals surface area contributed by atoms with Gasteiger partial charge in [-0.05, 0) is 54.4 Å². The predicted molar refractivity (Wildman–Crippen MR) is 105 cm³/mol. The van der Waals surface area contributed by atoms with Crippen LogP contribution in [-0.2, 0) is 26.0 Å². The lowest BCUT2D eigenvalue weighted by atomic mass is 10.1. The molecule has 7 nitrogen and oxygen atoms in total. The number of fused-ring (bicyclic) bond motifs is 1. The molecule has 0 saturated heterocycles. The molecule has 0 aliphatic heterocycles. The Morgan fingerprint density at radius 3 is 2.26 bits per heavy atom. The average molecular weight is 457 g/mol. The van der Waals surface area contributed by atoms with Crippen LogP contribution in [0.1, 0.15) is 12.0 Å². The van der Waals surface area contributed by atoms with Gasteiger partial charge in [-0.25, -0.2) is 12.4 Å². The molecule has 0 aliphatic carbocycles. The number of alkyl halides is 3. The number of carbonyl (C=O) groups is 1. The predicted octanol–water partition coefficient (Wildman–Crippen LogP) is 3.89. The summed E-state index contributed by atoms with van der Waals surface area (Å²) in [5, 5.41) is 0.559. The molecule has 166 valence electrons. The molecule has 1 aromatic heterocycles. The van der Waals surface area contributed by atoms with E-state index in [1.165, 1.54) is 20.4 Å². The lowest BCUT2D eigenvalue weighted by Gasteiger charge is -2.11. The number of esters is 1. The monoisotopic (exact) mass is 457 g/mol. The second-order valence-electron chi connectivity index (χ2n) is 6.43. The number of aryl methyl sites for hydroxylation is 1. The summed E-state index contributed by atoms with van der Waals surface area (Å²) in [6.45, 7) is 0. The van der Waals surface area contributed by atoms with E-state index in [0.717, 1.165) is 28.2 Å². The first-order chi connectivity index (χ1) is 14.5. The van der Waals surface area contributed by atoms with E-state index in [9.17, 15) is 26.4 Å². The zero-order chi connectivity index (χ0) is 22.8. The third-order valence-corrected chi connectivity index (χ3v) is 6.19. The van der Waals surface area contributed by atoms with Gasteiger partial charge in [0.1, 0.15) is 11.5 Å². The van der Waals surface area contributed by atoms with Crippen molar-refractivity contribution in [2.24, 2.45) is 0 Å².